The number of amides is 1. The third-order valence-electron chi connectivity index (χ3n) is 4.03. The highest BCUT2D eigenvalue weighted by Crippen LogP contribution is 2.21. The molecule has 3 heterocycles. The van der Waals surface area contributed by atoms with Gasteiger partial charge in [-0.15, -0.1) is 0 Å². The Hall–Kier alpha value is -2.11. The molecule has 0 aliphatic carbocycles. The Morgan fingerprint density at radius 3 is 3.05 bits per heavy atom. The number of hydrogen-bond acceptors (Lipinski definition) is 3. The number of piperidine rings is 1. The molecule has 1 saturated heterocycles. The van der Waals surface area contributed by atoms with Gasteiger partial charge in [0.1, 0.15) is 0 Å². The maximum absolute atomic E-state index is 12.4. The van der Waals surface area contributed by atoms with Gasteiger partial charge in [0, 0.05) is 45.1 Å². The van der Waals surface area contributed by atoms with Gasteiger partial charge in [0.15, 0.2) is 0 Å². The Morgan fingerprint density at radius 1 is 1.43 bits per heavy atom. The molecule has 0 spiro atoms. The highest BCUT2D eigenvalue weighted by Gasteiger charge is 2.24. The van der Waals surface area contributed by atoms with Crippen LogP contribution in [0.4, 0.5) is 0 Å². The first-order valence-electron chi connectivity index (χ1n) is 7.47. The van der Waals surface area contributed by atoms with Crippen molar-refractivity contribution in [1.29, 1.82) is 0 Å². The third kappa shape index (κ3) is 3.32. The zero-order valence-electron chi connectivity index (χ0n) is 12.4. The zero-order chi connectivity index (χ0) is 14.7. The molecule has 1 aliphatic rings. The van der Waals surface area contributed by atoms with Gasteiger partial charge in [-0.25, -0.2) is 0 Å². The van der Waals surface area contributed by atoms with Crippen LogP contribution in [0.1, 0.15) is 30.9 Å². The molecule has 1 atom stereocenters. The summed E-state index contributed by atoms with van der Waals surface area (Å²) in [5.74, 6) is 0.232. The topological polar surface area (TPSA) is 56.0 Å². The Labute approximate surface area is 124 Å². The monoisotopic (exact) mass is 287 g/mol. The fraction of sp³-hybridized carbons (Fsp3) is 0.533. The number of hydrogen-bond donors (Lipinski definition) is 0. The standard InChI is InChI=1S/C15H21N5O/c1-18-11-13(10-17-18)5-6-15(21)19-8-2-4-14(12-19)20-9-3-7-16-20/h3,7,9-11,14H,2,4-6,8,12H2,1H3/t14-/m0/s1. The number of aryl methyl sites for hydroxylation is 2. The van der Waals surface area contributed by atoms with Gasteiger partial charge in [0.05, 0.1) is 12.2 Å². The first kappa shape index (κ1) is 13.9. The molecule has 0 saturated carbocycles. The van der Waals surface area contributed by atoms with Crippen LogP contribution < -0.4 is 0 Å². The molecule has 3 rings (SSSR count). The van der Waals surface area contributed by atoms with Gasteiger partial charge in [-0.2, -0.15) is 10.2 Å². The van der Waals surface area contributed by atoms with Gasteiger partial charge >= 0.3 is 0 Å². The summed E-state index contributed by atoms with van der Waals surface area (Å²) >= 11 is 0. The maximum Gasteiger partial charge on any atom is 0.222 e. The smallest absolute Gasteiger partial charge is 0.222 e. The number of aromatic nitrogens is 4. The lowest BCUT2D eigenvalue weighted by atomic mass is 10.0. The van der Waals surface area contributed by atoms with Crippen molar-refractivity contribution in [2.24, 2.45) is 7.05 Å². The summed E-state index contributed by atoms with van der Waals surface area (Å²) in [5, 5.41) is 8.43. The summed E-state index contributed by atoms with van der Waals surface area (Å²) in [7, 11) is 1.89. The van der Waals surface area contributed by atoms with Crippen LogP contribution in [0.25, 0.3) is 0 Å². The van der Waals surface area contributed by atoms with Crippen LogP contribution >= 0.6 is 0 Å². The normalized spacial score (nSPS) is 18.9. The lowest BCUT2D eigenvalue weighted by Gasteiger charge is -2.33. The van der Waals surface area contributed by atoms with Gasteiger partial charge in [-0.3, -0.25) is 14.2 Å². The lowest BCUT2D eigenvalue weighted by molar-refractivity contribution is -0.132. The fourth-order valence-corrected chi connectivity index (χ4v) is 2.90. The average molecular weight is 287 g/mol. The van der Waals surface area contributed by atoms with Crippen LogP contribution in [0.15, 0.2) is 30.9 Å². The van der Waals surface area contributed by atoms with Crippen LogP contribution in [0.2, 0.25) is 0 Å². The molecule has 0 unspecified atom stereocenters. The summed E-state index contributed by atoms with van der Waals surface area (Å²) in [6.45, 7) is 1.64. The molecule has 0 radical (unpaired) electrons. The van der Waals surface area contributed by atoms with Gasteiger partial charge in [0.2, 0.25) is 5.91 Å². The van der Waals surface area contributed by atoms with Gasteiger partial charge in [0.25, 0.3) is 0 Å². The van der Waals surface area contributed by atoms with Crippen LogP contribution in [-0.4, -0.2) is 43.5 Å². The second-order valence-electron chi connectivity index (χ2n) is 5.64. The molecule has 2 aromatic rings. The molecule has 6 nitrogen and oxygen atoms in total. The van der Waals surface area contributed by atoms with Crippen LogP contribution in [0.3, 0.4) is 0 Å². The molecular formula is C15H21N5O. The second kappa shape index (κ2) is 6.11. The molecule has 6 heteroatoms. The van der Waals surface area contributed by atoms with Crippen molar-refractivity contribution in [1.82, 2.24) is 24.5 Å². The Morgan fingerprint density at radius 2 is 2.33 bits per heavy atom. The SMILES string of the molecule is Cn1cc(CCC(=O)N2CCC[C@H](n3cccn3)C2)cn1. The molecule has 2 aromatic heterocycles. The first-order chi connectivity index (χ1) is 10.2. The van der Waals surface area contributed by atoms with Crippen LogP contribution in [0.5, 0.6) is 0 Å². The highest BCUT2D eigenvalue weighted by atomic mass is 16.2. The number of nitrogens with zero attached hydrogens (tertiary/aromatic N) is 5. The molecule has 1 aliphatic heterocycles. The van der Waals surface area contributed by atoms with E-state index in [4.69, 9.17) is 0 Å². The van der Waals surface area contributed by atoms with E-state index in [2.05, 4.69) is 10.2 Å². The highest BCUT2D eigenvalue weighted by molar-refractivity contribution is 5.76. The summed E-state index contributed by atoms with van der Waals surface area (Å²) in [4.78, 5) is 14.3. The van der Waals surface area contributed by atoms with E-state index in [0.717, 1.165) is 37.9 Å². The minimum Gasteiger partial charge on any atom is -0.341 e. The van der Waals surface area contributed by atoms with Gasteiger partial charge < -0.3 is 4.90 Å². The summed E-state index contributed by atoms with van der Waals surface area (Å²) in [6, 6.07) is 2.25. The summed E-state index contributed by atoms with van der Waals surface area (Å²) in [5.41, 5.74) is 1.12. The van der Waals surface area contributed by atoms with E-state index in [0.29, 0.717) is 12.5 Å². The van der Waals surface area contributed by atoms with Crippen molar-refractivity contribution in [3.63, 3.8) is 0 Å². The van der Waals surface area contributed by atoms with Crippen molar-refractivity contribution in [2.45, 2.75) is 31.7 Å². The molecule has 1 amide bonds. The average Bonchev–Trinajstić information content (AvgIpc) is 3.16. The van der Waals surface area contributed by atoms with Gasteiger partial charge in [-0.05, 0) is 30.9 Å². The summed E-state index contributed by atoms with van der Waals surface area (Å²) in [6.07, 6.45) is 11.0. The summed E-state index contributed by atoms with van der Waals surface area (Å²) < 4.78 is 3.75. The molecular weight excluding hydrogens is 266 g/mol. The zero-order valence-corrected chi connectivity index (χ0v) is 12.4. The fourth-order valence-electron chi connectivity index (χ4n) is 2.90. The Kier molecular flexibility index (Phi) is 4.03. The Bertz CT molecular complexity index is 589. The van der Waals surface area contributed by atoms with E-state index in [1.807, 2.05) is 41.3 Å². The van der Waals surface area contributed by atoms with Crippen LogP contribution in [-0.2, 0) is 18.3 Å². The largest absolute Gasteiger partial charge is 0.341 e. The molecule has 0 N–H and O–H groups in total. The maximum atomic E-state index is 12.4. The minimum atomic E-state index is 0.232. The van der Waals surface area contributed by atoms with E-state index < -0.39 is 0 Å². The van der Waals surface area contributed by atoms with E-state index in [1.54, 1.807) is 10.9 Å². The van der Waals surface area contributed by atoms with Crippen molar-refractivity contribution in [2.75, 3.05) is 13.1 Å². The first-order valence-corrected chi connectivity index (χ1v) is 7.47. The molecule has 0 aromatic carbocycles. The quantitative estimate of drug-likeness (QED) is 0.854. The van der Waals surface area contributed by atoms with Crippen molar-refractivity contribution in [3.05, 3.63) is 36.4 Å². The Balaban J connectivity index is 1.54. The van der Waals surface area contributed by atoms with Crippen molar-refractivity contribution < 1.29 is 4.79 Å². The van der Waals surface area contributed by atoms with E-state index >= 15 is 0 Å². The van der Waals surface area contributed by atoms with Crippen molar-refractivity contribution >= 4 is 5.91 Å². The molecule has 1 fully saturated rings. The number of rotatable bonds is 4. The predicted octanol–water partition coefficient (Wildman–Crippen LogP) is 1.41. The number of carbonyl (C=O) groups is 1. The van der Waals surface area contributed by atoms with E-state index in [1.165, 1.54) is 0 Å². The van der Waals surface area contributed by atoms with Gasteiger partial charge in [-0.1, -0.05) is 0 Å². The molecule has 112 valence electrons. The minimum absolute atomic E-state index is 0.232. The molecule has 21 heavy (non-hydrogen) atoms. The number of carbonyl (C=O) groups excluding carboxylic acids is 1. The van der Waals surface area contributed by atoms with Crippen LogP contribution in [0, 0.1) is 0 Å². The predicted molar refractivity (Wildman–Crippen MR) is 78.6 cm³/mol. The second-order valence-corrected chi connectivity index (χ2v) is 5.64. The third-order valence-corrected chi connectivity index (χ3v) is 4.03. The van der Waals surface area contributed by atoms with Crippen molar-refractivity contribution in [3.8, 4) is 0 Å². The lowest BCUT2D eigenvalue weighted by Crippen LogP contribution is -2.40. The van der Waals surface area contributed by atoms with E-state index in [-0.39, 0.29) is 5.91 Å². The number of likely N-dealkylation sites (tertiary alicyclic amines) is 1. The molecule has 0 bridgehead atoms. The van der Waals surface area contributed by atoms with E-state index in [9.17, 15) is 4.79 Å².